The Morgan fingerprint density at radius 2 is 1.53 bits per heavy atom. The van der Waals surface area contributed by atoms with Crippen LogP contribution in [0.3, 0.4) is 0 Å². The molecule has 3 aromatic carbocycles. The lowest BCUT2D eigenvalue weighted by atomic mass is 10.1. The van der Waals surface area contributed by atoms with Crippen LogP contribution in [0.4, 0.5) is 5.69 Å². The highest BCUT2D eigenvalue weighted by Gasteiger charge is 2.34. The smallest absolute Gasteiger partial charge is 0.282 e. The molecule has 3 aromatic rings. The first-order valence-corrected chi connectivity index (χ1v) is 9.87. The lowest BCUT2D eigenvalue weighted by molar-refractivity contribution is -0.117. The number of para-hydroxylation sites is 2. The summed E-state index contributed by atoms with van der Waals surface area (Å²) in [6.07, 6.45) is 1.52. The van der Waals surface area contributed by atoms with Crippen molar-refractivity contribution in [3.8, 4) is 5.75 Å². The van der Waals surface area contributed by atoms with Crippen LogP contribution in [-0.4, -0.2) is 11.8 Å². The molecule has 0 atom stereocenters. The van der Waals surface area contributed by atoms with Crippen molar-refractivity contribution in [2.75, 3.05) is 5.01 Å². The number of amides is 2. The van der Waals surface area contributed by atoms with E-state index in [-0.39, 0.29) is 12.2 Å². The molecule has 7 heteroatoms. The molecule has 0 spiro atoms. The lowest BCUT2D eigenvalue weighted by Crippen LogP contribution is -2.35. The normalized spacial score (nSPS) is 14.9. The third kappa shape index (κ3) is 4.03. The van der Waals surface area contributed by atoms with Crippen molar-refractivity contribution in [2.45, 2.75) is 6.61 Å². The number of hydrogen-bond acceptors (Lipinski definition) is 3. The van der Waals surface area contributed by atoms with E-state index in [1.807, 2.05) is 6.07 Å². The van der Waals surface area contributed by atoms with Crippen LogP contribution < -0.4 is 15.2 Å². The van der Waals surface area contributed by atoms with E-state index >= 15 is 0 Å². The zero-order chi connectivity index (χ0) is 21.1. The molecule has 0 unspecified atom stereocenters. The molecular formula is C23H16Cl2N2O3. The first kappa shape index (κ1) is 20.0. The van der Waals surface area contributed by atoms with Gasteiger partial charge < -0.3 is 4.74 Å². The molecule has 0 saturated carbocycles. The maximum Gasteiger partial charge on any atom is 0.282 e. The number of ether oxygens (including phenoxy) is 1. The van der Waals surface area contributed by atoms with Crippen LogP contribution in [0.2, 0.25) is 10.0 Å². The SMILES string of the molecule is O=C1NN(c2ccccc2)C(=O)C1=Cc1ccccc1OCc1c(Cl)cccc1Cl. The van der Waals surface area contributed by atoms with Gasteiger partial charge in [0.05, 0.1) is 5.69 Å². The molecule has 5 nitrogen and oxygen atoms in total. The van der Waals surface area contributed by atoms with Crippen LogP contribution in [0.25, 0.3) is 6.08 Å². The second kappa shape index (κ2) is 8.61. The van der Waals surface area contributed by atoms with Crippen LogP contribution in [0.5, 0.6) is 5.75 Å². The molecule has 1 fully saturated rings. The highest BCUT2D eigenvalue weighted by atomic mass is 35.5. The van der Waals surface area contributed by atoms with E-state index in [9.17, 15) is 9.59 Å². The predicted molar refractivity (Wildman–Crippen MR) is 117 cm³/mol. The fraction of sp³-hybridized carbons (Fsp3) is 0.0435. The number of hydrogen-bond donors (Lipinski definition) is 1. The average molecular weight is 439 g/mol. The maximum atomic E-state index is 12.8. The van der Waals surface area contributed by atoms with Gasteiger partial charge in [-0.1, -0.05) is 65.7 Å². The van der Waals surface area contributed by atoms with Crippen molar-refractivity contribution in [3.05, 3.63) is 99.5 Å². The molecule has 1 N–H and O–H groups in total. The third-order valence-electron chi connectivity index (χ3n) is 4.56. The first-order valence-electron chi connectivity index (χ1n) is 9.11. The average Bonchev–Trinajstić information content (AvgIpc) is 3.03. The number of halogens is 2. The van der Waals surface area contributed by atoms with Crippen molar-refractivity contribution in [3.63, 3.8) is 0 Å². The van der Waals surface area contributed by atoms with Crippen molar-refractivity contribution >= 4 is 46.8 Å². The molecule has 1 aliphatic rings. The van der Waals surface area contributed by atoms with Crippen LogP contribution in [0, 0.1) is 0 Å². The third-order valence-corrected chi connectivity index (χ3v) is 5.27. The summed E-state index contributed by atoms with van der Waals surface area (Å²) >= 11 is 12.4. The molecule has 1 saturated heterocycles. The molecule has 4 rings (SSSR count). The van der Waals surface area contributed by atoms with Gasteiger partial charge in [0.15, 0.2) is 0 Å². The fourth-order valence-corrected chi connectivity index (χ4v) is 3.53. The maximum absolute atomic E-state index is 12.8. The number of rotatable bonds is 5. The quantitative estimate of drug-likeness (QED) is 0.448. The highest BCUT2D eigenvalue weighted by Crippen LogP contribution is 2.29. The van der Waals surface area contributed by atoms with Crippen LogP contribution in [0.1, 0.15) is 11.1 Å². The summed E-state index contributed by atoms with van der Waals surface area (Å²) in [4.78, 5) is 25.2. The standard InChI is InChI=1S/C23H16Cl2N2O3/c24-19-10-6-11-20(25)18(19)14-30-21-12-5-4-7-15(21)13-17-22(28)26-27(23(17)29)16-8-2-1-3-9-16/h1-13H,14H2,(H,26,28). The number of anilines is 1. The summed E-state index contributed by atoms with van der Waals surface area (Å²) in [5.41, 5.74) is 4.44. The number of nitrogens with one attached hydrogen (secondary N) is 1. The highest BCUT2D eigenvalue weighted by molar-refractivity contribution is 6.36. The Morgan fingerprint density at radius 1 is 0.867 bits per heavy atom. The van der Waals surface area contributed by atoms with Gasteiger partial charge in [-0.2, -0.15) is 0 Å². The van der Waals surface area contributed by atoms with Gasteiger partial charge in [-0.15, -0.1) is 0 Å². The molecular weight excluding hydrogens is 423 g/mol. The summed E-state index contributed by atoms with van der Waals surface area (Å²) in [6, 6.07) is 21.3. The Bertz CT molecular complexity index is 1130. The zero-order valence-electron chi connectivity index (χ0n) is 15.6. The van der Waals surface area contributed by atoms with E-state index in [4.69, 9.17) is 27.9 Å². The Hall–Kier alpha value is -3.28. The lowest BCUT2D eigenvalue weighted by Gasteiger charge is -2.14. The van der Waals surface area contributed by atoms with E-state index in [1.165, 1.54) is 11.1 Å². The van der Waals surface area contributed by atoms with Gasteiger partial charge in [0.2, 0.25) is 0 Å². The Labute approximate surface area is 183 Å². The van der Waals surface area contributed by atoms with Crippen molar-refractivity contribution in [1.29, 1.82) is 0 Å². The first-order chi connectivity index (χ1) is 14.5. The van der Waals surface area contributed by atoms with Gasteiger partial charge in [0.25, 0.3) is 11.8 Å². The molecule has 0 aromatic heterocycles. The zero-order valence-corrected chi connectivity index (χ0v) is 17.2. The second-order valence-electron chi connectivity index (χ2n) is 6.50. The Kier molecular flexibility index (Phi) is 5.74. The molecule has 0 bridgehead atoms. The van der Waals surface area contributed by atoms with E-state index < -0.39 is 11.8 Å². The predicted octanol–water partition coefficient (Wildman–Crippen LogP) is 5.03. The summed E-state index contributed by atoms with van der Waals surface area (Å²) < 4.78 is 5.91. The number of benzene rings is 3. The molecule has 0 radical (unpaired) electrons. The molecule has 2 amide bonds. The van der Waals surface area contributed by atoms with E-state index in [0.717, 1.165) is 0 Å². The largest absolute Gasteiger partial charge is 0.488 e. The fourth-order valence-electron chi connectivity index (χ4n) is 3.02. The molecule has 30 heavy (non-hydrogen) atoms. The van der Waals surface area contributed by atoms with E-state index in [0.29, 0.717) is 32.6 Å². The summed E-state index contributed by atoms with van der Waals surface area (Å²) in [7, 11) is 0. The number of carbonyl (C=O) groups is 2. The van der Waals surface area contributed by atoms with Gasteiger partial charge in [0, 0.05) is 21.2 Å². The molecule has 150 valence electrons. The Morgan fingerprint density at radius 3 is 2.27 bits per heavy atom. The second-order valence-corrected chi connectivity index (χ2v) is 7.32. The Balaban J connectivity index is 1.60. The monoisotopic (exact) mass is 438 g/mol. The minimum Gasteiger partial charge on any atom is -0.488 e. The number of hydrazine groups is 1. The number of carbonyl (C=O) groups excluding carboxylic acids is 2. The van der Waals surface area contributed by atoms with Crippen molar-refractivity contribution < 1.29 is 14.3 Å². The summed E-state index contributed by atoms with van der Waals surface area (Å²) in [5.74, 6) is -0.414. The van der Waals surface area contributed by atoms with Crippen LogP contribution in [0.15, 0.2) is 78.4 Å². The van der Waals surface area contributed by atoms with Crippen LogP contribution >= 0.6 is 23.2 Å². The van der Waals surface area contributed by atoms with Gasteiger partial charge in [-0.3, -0.25) is 15.0 Å². The molecule has 0 aliphatic carbocycles. The van der Waals surface area contributed by atoms with E-state index in [2.05, 4.69) is 5.43 Å². The van der Waals surface area contributed by atoms with Gasteiger partial charge >= 0.3 is 0 Å². The topological polar surface area (TPSA) is 58.6 Å². The minimum absolute atomic E-state index is 0.0191. The van der Waals surface area contributed by atoms with Gasteiger partial charge in [-0.05, 0) is 36.4 Å². The van der Waals surface area contributed by atoms with Gasteiger partial charge in [-0.25, -0.2) is 5.01 Å². The van der Waals surface area contributed by atoms with Gasteiger partial charge in [0.1, 0.15) is 17.9 Å². The van der Waals surface area contributed by atoms with Crippen LogP contribution in [-0.2, 0) is 16.2 Å². The number of nitrogens with zero attached hydrogens (tertiary/aromatic N) is 1. The molecule has 1 heterocycles. The van der Waals surface area contributed by atoms with E-state index in [1.54, 1.807) is 66.7 Å². The summed E-state index contributed by atoms with van der Waals surface area (Å²) in [6.45, 7) is 0.148. The van der Waals surface area contributed by atoms with Crippen molar-refractivity contribution in [1.82, 2.24) is 5.43 Å². The minimum atomic E-state index is -0.479. The summed E-state index contributed by atoms with van der Waals surface area (Å²) in [5, 5.41) is 2.23. The molecule has 1 aliphatic heterocycles. The van der Waals surface area contributed by atoms with Crippen molar-refractivity contribution in [2.24, 2.45) is 0 Å².